The van der Waals surface area contributed by atoms with Crippen LogP contribution < -0.4 is 14.8 Å². The molecule has 4 aromatic rings. The Hall–Kier alpha value is -3.86. The Kier molecular flexibility index (Phi) is 5.58. The van der Waals surface area contributed by atoms with Gasteiger partial charge in [-0.1, -0.05) is 11.3 Å². The molecule has 4 rings (SSSR count). The lowest BCUT2D eigenvalue weighted by atomic mass is 10.2. The van der Waals surface area contributed by atoms with Crippen molar-refractivity contribution >= 4 is 22.6 Å². The van der Waals surface area contributed by atoms with Crippen molar-refractivity contribution in [1.29, 1.82) is 0 Å². The standard InChI is InChI=1S/C20H17FN6O3S/c1-11-17(24-26-27(11)14-7-8-15(29-2)16(10-14)30-3)18-22-20(31-25-18)23-19(28)12-5-4-6-13(21)9-12/h4-10H,1-3H3,(H,22,23,25,28). The number of anilines is 1. The zero-order valence-corrected chi connectivity index (χ0v) is 17.6. The zero-order chi connectivity index (χ0) is 22.0. The highest BCUT2D eigenvalue weighted by Crippen LogP contribution is 2.30. The Morgan fingerprint density at radius 1 is 1.13 bits per heavy atom. The minimum absolute atomic E-state index is 0.187. The summed E-state index contributed by atoms with van der Waals surface area (Å²) in [6.45, 7) is 1.83. The number of carbonyl (C=O) groups is 1. The van der Waals surface area contributed by atoms with Gasteiger partial charge in [0.1, 0.15) is 5.82 Å². The second kappa shape index (κ2) is 8.48. The van der Waals surface area contributed by atoms with Crippen LogP contribution in [0.5, 0.6) is 11.5 Å². The monoisotopic (exact) mass is 440 g/mol. The van der Waals surface area contributed by atoms with Crippen LogP contribution in [0.2, 0.25) is 0 Å². The third-order valence-corrected chi connectivity index (χ3v) is 5.08. The van der Waals surface area contributed by atoms with Crippen LogP contribution in [0, 0.1) is 12.7 Å². The molecule has 9 nitrogen and oxygen atoms in total. The van der Waals surface area contributed by atoms with Crippen molar-refractivity contribution in [3.63, 3.8) is 0 Å². The van der Waals surface area contributed by atoms with Crippen LogP contribution in [0.1, 0.15) is 16.1 Å². The van der Waals surface area contributed by atoms with Crippen LogP contribution in [0.3, 0.4) is 0 Å². The number of aromatic nitrogens is 5. The molecule has 1 amide bonds. The lowest BCUT2D eigenvalue weighted by molar-refractivity contribution is 0.102. The zero-order valence-electron chi connectivity index (χ0n) is 16.8. The quantitative estimate of drug-likeness (QED) is 0.489. The molecular formula is C20H17FN6O3S. The number of hydrogen-bond donors (Lipinski definition) is 1. The van der Waals surface area contributed by atoms with Crippen molar-refractivity contribution in [3.05, 3.63) is 59.5 Å². The fourth-order valence-corrected chi connectivity index (χ4v) is 3.47. The van der Waals surface area contributed by atoms with Crippen LogP contribution >= 0.6 is 11.5 Å². The van der Waals surface area contributed by atoms with Gasteiger partial charge in [-0.15, -0.1) is 5.10 Å². The molecule has 0 aliphatic carbocycles. The Morgan fingerprint density at radius 3 is 2.68 bits per heavy atom. The van der Waals surface area contributed by atoms with Gasteiger partial charge in [-0.05, 0) is 37.3 Å². The first-order valence-electron chi connectivity index (χ1n) is 9.06. The van der Waals surface area contributed by atoms with E-state index in [0.717, 1.165) is 23.3 Å². The van der Waals surface area contributed by atoms with Crippen LogP contribution in [0.4, 0.5) is 9.52 Å². The summed E-state index contributed by atoms with van der Waals surface area (Å²) < 4.78 is 29.8. The van der Waals surface area contributed by atoms with Crippen molar-refractivity contribution in [2.75, 3.05) is 19.5 Å². The molecule has 158 valence electrons. The molecule has 0 saturated heterocycles. The van der Waals surface area contributed by atoms with Crippen molar-refractivity contribution in [2.45, 2.75) is 6.92 Å². The first-order valence-corrected chi connectivity index (χ1v) is 9.83. The predicted octanol–water partition coefficient (Wildman–Crippen LogP) is 3.50. The maximum Gasteiger partial charge on any atom is 0.257 e. The Bertz CT molecular complexity index is 1260. The lowest BCUT2D eigenvalue weighted by Gasteiger charge is -2.10. The highest BCUT2D eigenvalue weighted by Gasteiger charge is 2.19. The normalized spacial score (nSPS) is 10.7. The molecule has 2 aromatic heterocycles. The number of benzene rings is 2. The van der Waals surface area contributed by atoms with E-state index in [1.807, 2.05) is 13.0 Å². The van der Waals surface area contributed by atoms with Gasteiger partial charge in [0.25, 0.3) is 5.91 Å². The number of nitrogens with one attached hydrogen (secondary N) is 1. The van der Waals surface area contributed by atoms with Crippen LogP contribution in [0.25, 0.3) is 17.2 Å². The summed E-state index contributed by atoms with van der Waals surface area (Å²) in [4.78, 5) is 16.6. The Balaban J connectivity index is 1.58. The second-order valence-electron chi connectivity index (χ2n) is 6.36. The smallest absolute Gasteiger partial charge is 0.257 e. The summed E-state index contributed by atoms with van der Waals surface area (Å²) in [5.41, 5.74) is 2.08. The fourth-order valence-electron chi connectivity index (χ4n) is 2.91. The molecule has 0 radical (unpaired) electrons. The van der Waals surface area contributed by atoms with Crippen molar-refractivity contribution < 1.29 is 18.7 Å². The summed E-state index contributed by atoms with van der Waals surface area (Å²) >= 11 is 0.996. The minimum Gasteiger partial charge on any atom is -0.493 e. The molecule has 0 atom stereocenters. The van der Waals surface area contributed by atoms with Gasteiger partial charge >= 0.3 is 0 Å². The van der Waals surface area contributed by atoms with E-state index in [4.69, 9.17) is 9.47 Å². The van der Waals surface area contributed by atoms with Crippen molar-refractivity contribution in [3.8, 4) is 28.7 Å². The van der Waals surface area contributed by atoms with E-state index in [0.29, 0.717) is 28.7 Å². The van der Waals surface area contributed by atoms with E-state index < -0.39 is 11.7 Å². The second-order valence-corrected chi connectivity index (χ2v) is 7.11. The first kappa shape index (κ1) is 20.4. The average molecular weight is 440 g/mol. The summed E-state index contributed by atoms with van der Waals surface area (Å²) in [5.74, 6) is 0.513. The topological polar surface area (TPSA) is 104 Å². The molecule has 0 saturated carbocycles. The molecule has 1 N–H and O–H groups in total. The lowest BCUT2D eigenvalue weighted by Crippen LogP contribution is -2.11. The highest BCUT2D eigenvalue weighted by atomic mass is 32.1. The van der Waals surface area contributed by atoms with Crippen molar-refractivity contribution in [1.82, 2.24) is 24.4 Å². The number of carbonyl (C=O) groups excluding carboxylic acids is 1. The Morgan fingerprint density at radius 2 is 1.94 bits per heavy atom. The summed E-state index contributed by atoms with van der Waals surface area (Å²) in [6.07, 6.45) is 0. The van der Waals surface area contributed by atoms with Crippen molar-refractivity contribution in [2.24, 2.45) is 0 Å². The molecule has 0 unspecified atom stereocenters. The molecule has 31 heavy (non-hydrogen) atoms. The number of rotatable bonds is 6. The molecule has 0 spiro atoms. The largest absolute Gasteiger partial charge is 0.493 e. The molecule has 2 aromatic carbocycles. The van der Waals surface area contributed by atoms with Gasteiger partial charge in [-0.2, -0.15) is 9.36 Å². The average Bonchev–Trinajstić information content (AvgIpc) is 3.39. The van der Waals surface area contributed by atoms with E-state index in [9.17, 15) is 9.18 Å². The van der Waals surface area contributed by atoms with Gasteiger partial charge in [-0.25, -0.2) is 9.07 Å². The SMILES string of the molecule is COc1ccc(-n2nnc(-c3nsc(NC(=O)c4cccc(F)c4)n3)c2C)cc1OC. The first-order chi connectivity index (χ1) is 15.0. The number of halogens is 1. The number of amides is 1. The molecular weight excluding hydrogens is 423 g/mol. The summed E-state index contributed by atoms with van der Waals surface area (Å²) in [6, 6.07) is 10.8. The molecule has 0 aliphatic rings. The minimum atomic E-state index is -0.493. The maximum absolute atomic E-state index is 13.3. The van der Waals surface area contributed by atoms with Gasteiger partial charge in [0, 0.05) is 23.2 Å². The molecule has 11 heteroatoms. The van der Waals surface area contributed by atoms with Gasteiger partial charge < -0.3 is 9.47 Å². The number of nitrogens with zero attached hydrogens (tertiary/aromatic N) is 5. The maximum atomic E-state index is 13.3. The molecule has 0 aliphatic heterocycles. The van der Waals surface area contributed by atoms with Crippen LogP contribution in [0.15, 0.2) is 42.5 Å². The van der Waals surface area contributed by atoms with E-state index in [2.05, 4.69) is 25.0 Å². The number of ether oxygens (including phenoxy) is 2. The molecule has 2 heterocycles. The number of hydrogen-bond acceptors (Lipinski definition) is 8. The third-order valence-electron chi connectivity index (χ3n) is 4.45. The van der Waals surface area contributed by atoms with Crippen LogP contribution in [-0.4, -0.2) is 44.5 Å². The highest BCUT2D eigenvalue weighted by molar-refractivity contribution is 7.10. The molecule has 0 bridgehead atoms. The third kappa shape index (κ3) is 4.08. The predicted molar refractivity (Wildman–Crippen MR) is 112 cm³/mol. The van der Waals surface area contributed by atoms with Gasteiger partial charge in [0.05, 0.1) is 25.6 Å². The van der Waals surface area contributed by atoms with E-state index >= 15 is 0 Å². The van der Waals surface area contributed by atoms with Crippen LogP contribution in [-0.2, 0) is 0 Å². The summed E-state index contributed by atoms with van der Waals surface area (Å²) in [5, 5.41) is 11.3. The van der Waals surface area contributed by atoms with Gasteiger partial charge in [-0.3, -0.25) is 10.1 Å². The Labute approximate surface area is 180 Å². The van der Waals surface area contributed by atoms with E-state index in [1.54, 1.807) is 31.0 Å². The van der Waals surface area contributed by atoms with E-state index in [1.165, 1.54) is 18.2 Å². The molecule has 0 fully saturated rings. The fraction of sp³-hybridized carbons (Fsp3) is 0.150. The number of methoxy groups -OCH3 is 2. The van der Waals surface area contributed by atoms with Gasteiger partial charge in [0.15, 0.2) is 23.0 Å². The van der Waals surface area contributed by atoms with Gasteiger partial charge in [0.2, 0.25) is 5.13 Å². The van der Waals surface area contributed by atoms with E-state index in [-0.39, 0.29) is 10.7 Å². The summed E-state index contributed by atoms with van der Waals surface area (Å²) in [7, 11) is 3.12.